The minimum absolute atomic E-state index is 0.120. The lowest BCUT2D eigenvalue weighted by Gasteiger charge is -2.04. The first-order chi connectivity index (χ1) is 10.9. The summed E-state index contributed by atoms with van der Waals surface area (Å²) in [6.07, 6.45) is 0. The highest BCUT2D eigenvalue weighted by Crippen LogP contribution is 2.43. The smallest absolute Gasteiger partial charge is 0.216 e. The van der Waals surface area contributed by atoms with Gasteiger partial charge in [-0.05, 0) is 11.1 Å². The van der Waals surface area contributed by atoms with Crippen molar-refractivity contribution in [3.8, 4) is 0 Å². The second-order valence-corrected chi connectivity index (χ2v) is 15.7. The third-order valence-corrected chi connectivity index (χ3v) is 14.6. The third-order valence-electron chi connectivity index (χ3n) is 2.64. The zero-order chi connectivity index (χ0) is 16.8. The van der Waals surface area contributed by atoms with Crippen LogP contribution in [0.4, 0.5) is 0 Å². The molecule has 0 saturated heterocycles. The van der Waals surface area contributed by atoms with Gasteiger partial charge in [-0.1, -0.05) is 60.7 Å². The SMILES string of the molecule is O=S(=O)(Cc1ccccc1)SSSS(=O)(=O)Cc1ccccc1. The van der Waals surface area contributed by atoms with Gasteiger partial charge in [0.15, 0.2) is 0 Å². The topological polar surface area (TPSA) is 68.3 Å². The van der Waals surface area contributed by atoms with Gasteiger partial charge in [0.2, 0.25) is 17.7 Å². The molecule has 0 fully saturated rings. The molecule has 9 heteroatoms. The van der Waals surface area contributed by atoms with Gasteiger partial charge >= 0.3 is 0 Å². The largest absolute Gasteiger partial charge is 0.216 e. The molecule has 0 aliphatic heterocycles. The molecule has 0 bridgehead atoms. The van der Waals surface area contributed by atoms with Gasteiger partial charge in [0, 0.05) is 9.83 Å². The van der Waals surface area contributed by atoms with Crippen LogP contribution in [-0.2, 0) is 29.2 Å². The van der Waals surface area contributed by atoms with Crippen LogP contribution in [0.3, 0.4) is 0 Å². The van der Waals surface area contributed by atoms with Gasteiger partial charge in [-0.15, -0.1) is 0 Å². The highest BCUT2D eigenvalue weighted by molar-refractivity contribution is 9.33. The first kappa shape index (κ1) is 18.7. The van der Waals surface area contributed by atoms with Gasteiger partial charge in [0.25, 0.3) is 0 Å². The second-order valence-electron chi connectivity index (χ2n) is 4.58. The highest BCUT2D eigenvalue weighted by Gasteiger charge is 2.19. The van der Waals surface area contributed by atoms with E-state index in [1.807, 2.05) is 12.1 Å². The number of rotatable bonds is 8. The van der Waals surface area contributed by atoms with Crippen molar-refractivity contribution in [3.05, 3.63) is 71.8 Å². The average Bonchev–Trinajstić information content (AvgIpc) is 2.47. The van der Waals surface area contributed by atoms with Crippen LogP contribution in [0.2, 0.25) is 0 Å². The second kappa shape index (κ2) is 8.48. The van der Waals surface area contributed by atoms with Crippen molar-refractivity contribution in [2.45, 2.75) is 11.5 Å². The van der Waals surface area contributed by atoms with E-state index in [1.165, 1.54) is 0 Å². The zero-order valence-electron chi connectivity index (χ0n) is 11.9. The van der Waals surface area contributed by atoms with Gasteiger partial charge in [0.05, 0.1) is 31.2 Å². The Labute approximate surface area is 146 Å². The van der Waals surface area contributed by atoms with E-state index < -0.39 is 17.7 Å². The van der Waals surface area contributed by atoms with Crippen LogP contribution in [0, 0.1) is 0 Å². The van der Waals surface area contributed by atoms with Crippen molar-refractivity contribution in [3.63, 3.8) is 0 Å². The first-order valence-electron chi connectivity index (χ1n) is 6.44. The van der Waals surface area contributed by atoms with Crippen molar-refractivity contribution in [1.82, 2.24) is 0 Å². The molecule has 0 N–H and O–H groups in total. The quantitative estimate of drug-likeness (QED) is 0.612. The fraction of sp³-hybridized carbons (Fsp3) is 0.143. The molecular formula is C14H14O4S5. The van der Waals surface area contributed by atoms with Crippen LogP contribution >= 0.6 is 29.5 Å². The van der Waals surface area contributed by atoms with Crippen LogP contribution in [0.1, 0.15) is 11.1 Å². The monoisotopic (exact) mass is 406 g/mol. The Morgan fingerprint density at radius 1 is 0.609 bits per heavy atom. The summed E-state index contributed by atoms with van der Waals surface area (Å²) in [7, 11) is -4.94. The summed E-state index contributed by atoms with van der Waals surface area (Å²) in [5.74, 6) is -0.240. The maximum Gasteiger partial charge on any atom is 0.216 e. The van der Waals surface area contributed by atoms with Crippen molar-refractivity contribution in [1.29, 1.82) is 0 Å². The maximum atomic E-state index is 12.0. The number of benzene rings is 2. The van der Waals surface area contributed by atoms with E-state index in [-0.39, 0.29) is 11.5 Å². The fourth-order valence-corrected chi connectivity index (χ4v) is 14.5. The molecule has 4 nitrogen and oxygen atoms in total. The van der Waals surface area contributed by atoms with Crippen molar-refractivity contribution in [2.24, 2.45) is 0 Å². The van der Waals surface area contributed by atoms with Crippen LogP contribution in [0.5, 0.6) is 0 Å². The molecule has 2 aromatic rings. The van der Waals surface area contributed by atoms with E-state index in [2.05, 4.69) is 0 Å². The lowest BCUT2D eigenvalue weighted by molar-refractivity contribution is 0.608. The average molecular weight is 407 g/mol. The Hall–Kier alpha value is -0.610. The molecule has 23 heavy (non-hydrogen) atoms. The summed E-state index contributed by atoms with van der Waals surface area (Å²) < 4.78 is 47.9. The molecule has 0 aliphatic carbocycles. The molecule has 2 rings (SSSR count). The van der Waals surface area contributed by atoms with Crippen LogP contribution in [0.25, 0.3) is 0 Å². The summed E-state index contributed by atoms with van der Waals surface area (Å²) in [6, 6.07) is 17.6. The lowest BCUT2D eigenvalue weighted by atomic mass is 10.2. The third kappa shape index (κ3) is 7.21. The highest BCUT2D eigenvalue weighted by atomic mass is 33.8. The van der Waals surface area contributed by atoms with Crippen molar-refractivity contribution < 1.29 is 16.8 Å². The Balaban J connectivity index is 1.86. The summed E-state index contributed by atoms with van der Waals surface area (Å²) >= 11 is 0. The molecule has 0 radical (unpaired) electrons. The molecule has 0 amide bonds. The molecule has 0 heterocycles. The van der Waals surface area contributed by atoms with Gasteiger partial charge in [-0.3, -0.25) is 0 Å². The Kier molecular flexibility index (Phi) is 6.90. The molecule has 124 valence electrons. The Bertz CT molecular complexity index is 746. The number of hydrogen-bond donors (Lipinski definition) is 0. The van der Waals surface area contributed by atoms with Gasteiger partial charge in [-0.25, -0.2) is 16.8 Å². The van der Waals surface area contributed by atoms with E-state index in [0.29, 0.717) is 30.8 Å². The zero-order valence-corrected chi connectivity index (χ0v) is 15.9. The summed E-state index contributed by atoms with van der Waals surface area (Å²) in [4.78, 5) is 0. The van der Waals surface area contributed by atoms with Crippen LogP contribution in [-0.4, -0.2) is 16.8 Å². The summed E-state index contributed by atoms with van der Waals surface area (Å²) in [5.41, 5.74) is 1.36. The van der Waals surface area contributed by atoms with Gasteiger partial charge in [-0.2, -0.15) is 0 Å². The molecule has 0 aromatic heterocycles. The van der Waals surface area contributed by atoms with Gasteiger partial charge < -0.3 is 0 Å². The Morgan fingerprint density at radius 2 is 0.957 bits per heavy atom. The number of hydrogen-bond acceptors (Lipinski definition) is 7. The summed E-state index contributed by atoms with van der Waals surface area (Å²) in [5, 5.41) is 0. The predicted octanol–water partition coefficient (Wildman–Crippen LogP) is 4.08. The first-order valence-corrected chi connectivity index (χ1v) is 14.3. The molecule has 0 aliphatic rings. The molecule has 0 atom stereocenters. The van der Waals surface area contributed by atoms with Crippen molar-refractivity contribution >= 4 is 47.2 Å². The van der Waals surface area contributed by atoms with E-state index in [0.717, 1.165) is 9.83 Å². The van der Waals surface area contributed by atoms with E-state index >= 15 is 0 Å². The molecule has 0 spiro atoms. The minimum atomic E-state index is -3.44. The molecule has 0 unspecified atom stereocenters. The molecular weight excluding hydrogens is 392 g/mol. The fourth-order valence-electron chi connectivity index (χ4n) is 1.70. The summed E-state index contributed by atoms with van der Waals surface area (Å²) in [6.45, 7) is 0. The molecule has 2 aromatic carbocycles. The molecule has 0 saturated carbocycles. The lowest BCUT2D eigenvalue weighted by Crippen LogP contribution is -1.98. The van der Waals surface area contributed by atoms with E-state index in [1.54, 1.807) is 48.5 Å². The van der Waals surface area contributed by atoms with Crippen molar-refractivity contribution in [2.75, 3.05) is 0 Å². The Morgan fingerprint density at radius 3 is 1.30 bits per heavy atom. The van der Waals surface area contributed by atoms with E-state index in [4.69, 9.17) is 0 Å². The maximum absolute atomic E-state index is 12.0. The van der Waals surface area contributed by atoms with Crippen LogP contribution in [0.15, 0.2) is 60.7 Å². The van der Waals surface area contributed by atoms with Crippen LogP contribution < -0.4 is 0 Å². The standard InChI is InChI=1S/C14H14O4S5/c15-22(16,11-13-7-3-1-4-8-13)20-19-21-23(17,18)12-14-9-5-2-6-10-14/h1-10H,11-12H2. The van der Waals surface area contributed by atoms with Gasteiger partial charge in [0.1, 0.15) is 0 Å². The normalized spacial score (nSPS) is 12.2. The predicted molar refractivity (Wildman–Crippen MR) is 101 cm³/mol. The van der Waals surface area contributed by atoms with E-state index in [9.17, 15) is 16.8 Å². The minimum Gasteiger partial charge on any atom is -0.216 e.